The topological polar surface area (TPSA) is 17.1 Å². The molecule has 0 amide bonds. The molecule has 0 heterocycles. The molecule has 73 valence electrons. The number of hydrogen-bond acceptors (Lipinski definition) is 1. The summed E-state index contributed by atoms with van der Waals surface area (Å²) in [5.74, 6) is 5.33. The fourth-order valence-electron chi connectivity index (χ4n) is 3.32. The SMILES string of the molecule is CC1(C)C2C[C]3[CH][C](C=O)[CH][C]3C1C2. The van der Waals surface area contributed by atoms with Crippen molar-refractivity contribution in [2.24, 2.45) is 17.3 Å². The van der Waals surface area contributed by atoms with Crippen LogP contribution >= 0.6 is 0 Å². The van der Waals surface area contributed by atoms with E-state index in [0.29, 0.717) is 11.3 Å². The van der Waals surface area contributed by atoms with Crippen LogP contribution in [-0.2, 0) is 4.79 Å². The Bertz CT molecular complexity index is 268. The maximum Gasteiger partial charge on any atom is 0.127 e. The van der Waals surface area contributed by atoms with Gasteiger partial charge in [0.2, 0.25) is 0 Å². The minimum absolute atomic E-state index is 0.474. The summed E-state index contributed by atoms with van der Waals surface area (Å²) in [6, 6.07) is 0. The van der Waals surface area contributed by atoms with Gasteiger partial charge in [0.05, 0.1) is 0 Å². The van der Waals surface area contributed by atoms with E-state index in [1.807, 2.05) is 0 Å². The molecule has 4 saturated carbocycles. The van der Waals surface area contributed by atoms with Crippen molar-refractivity contribution < 1.29 is 4.79 Å². The fourth-order valence-corrected chi connectivity index (χ4v) is 3.32. The molecule has 0 aromatic rings. The second-order valence-corrected chi connectivity index (χ2v) is 5.40. The molecule has 2 unspecified atom stereocenters. The molecule has 4 rings (SSSR count). The summed E-state index contributed by atoms with van der Waals surface area (Å²) in [6.07, 6.45) is 7.68. The molecular formula is C13H15O. The summed E-state index contributed by atoms with van der Waals surface area (Å²) in [5, 5.41) is 0. The van der Waals surface area contributed by atoms with Crippen LogP contribution in [0.2, 0.25) is 0 Å². The van der Waals surface area contributed by atoms with Crippen molar-refractivity contribution in [2.75, 3.05) is 0 Å². The first-order valence-corrected chi connectivity index (χ1v) is 5.37. The summed E-state index contributed by atoms with van der Waals surface area (Å²) in [7, 11) is 0. The Hall–Kier alpha value is -0.330. The summed E-state index contributed by atoms with van der Waals surface area (Å²) in [4.78, 5) is 10.7. The molecule has 1 heteroatoms. The highest BCUT2D eigenvalue weighted by Gasteiger charge is 2.60. The molecule has 5 radical (unpaired) electrons. The molecular weight excluding hydrogens is 172 g/mol. The maximum atomic E-state index is 10.7. The highest BCUT2D eigenvalue weighted by Crippen LogP contribution is 2.68. The van der Waals surface area contributed by atoms with E-state index in [-0.39, 0.29) is 0 Å². The number of rotatable bonds is 1. The van der Waals surface area contributed by atoms with Crippen LogP contribution in [0, 0.1) is 47.8 Å². The molecule has 0 aromatic heterocycles. The first-order chi connectivity index (χ1) is 6.63. The molecule has 0 saturated heterocycles. The lowest BCUT2D eigenvalue weighted by Gasteiger charge is -2.61. The third kappa shape index (κ3) is 0.936. The van der Waals surface area contributed by atoms with Gasteiger partial charge in [0, 0.05) is 5.92 Å². The van der Waals surface area contributed by atoms with Crippen molar-refractivity contribution in [2.45, 2.75) is 26.7 Å². The zero-order valence-corrected chi connectivity index (χ0v) is 8.71. The quantitative estimate of drug-likeness (QED) is 0.576. The van der Waals surface area contributed by atoms with E-state index >= 15 is 0 Å². The fraction of sp³-hybridized carbons (Fsp3) is 0.538. The van der Waals surface area contributed by atoms with E-state index in [9.17, 15) is 4.79 Å². The monoisotopic (exact) mass is 187 g/mol. The van der Waals surface area contributed by atoms with Crippen LogP contribution in [0.5, 0.6) is 0 Å². The van der Waals surface area contributed by atoms with E-state index in [2.05, 4.69) is 26.7 Å². The van der Waals surface area contributed by atoms with Gasteiger partial charge in [0.1, 0.15) is 6.29 Å². The van der Waals surface area contributed by atoms with Crippen LogP contribution in [0.15, 0.2) is 0 Å². The second-order valence-electron chi connectivity index (χ2n) is 5.40. The van der Waals surface area contributed by atoms with Crippen LogP contribution in [0.25, 0.3) is 0 Å². The van der Waals surface area contributed by atoms with Gasteiger partial charge in [0.15, 0.2) is 0 Å². The molecule has 2 bridgehead atoms. The second kappa shape index (κ2) is 2.62. The molecule has 4 aliphatic carbocycles. The Morgan fingerprint density at radius 2 is 2.21 bits per heavy atom. The predicted molar refractivity (Wildman–Crippen MR) is 54.4 cm³/mol. The van der Waals surface area contributed by atoms with Crippen molar-refractivity contribution in [1.29, 1.82) is 0 Å². The van der Waals surface area contributed by atoms with E-state index < -0.39 is 0 Å². The van der Waals surface area contributed by atoms with E-state index in [0.717, 1.165) is 18.1 Å². The van der Waals surface area contributed by atoms with Crippen LogP contribution in [0.1, 0.15) is 26.7 Å². The molecule has 2 atom stereocenters. The van der Waals surface area contributed by atoms with Gasteiger partial charge < -0.3 is 4.79 Å². The molecule has 0 aromatic carbocycles. The van der Waals surface area contributed by atoms with Gasteiger partial charge in [-0.3, -0.25) is 0 Å². The lowest BCUT2D eigenvalue weighted by atomic mass is 9.44. The lowest BCUT2D eigenvalue weighted by molar-refractivity contribution is -0.105. The van der Waals surface area contributed by atoms with Crippen LogP contribution < -0.4 is 0 Å². The van der Waals surface area contributed by atoms with Crippen molar-refractivity contribution in [3.8, 4) is 0 Å². The number of aldehydes is 1. The van der Waals surface area contributed by atoms with Gasteiger partial charge in [-0.2, -0.15) is 0 Å². The number of hydrogen-bond donors (Lipinski definition) is 0. The van der Waals surface area contributed by atoms with Crippen molar-refractivity contribution in [1.82, 2.24) is 0 Å². The molecule has 0 aliphatic heterocycles. The Kier molecular flexibility index (Phi) is 1.67. The summed E-state index contributed by atoms with van der Waals surface area (Å²) in [5.41, 5.74) is 0.474. The molecule has 4 fully saturated rings. The summed E-state index contributed by atoms with van der Waals surface area (Å²) < 4.78 is 0. The van der Waals surface area contributed by atoms with Crippen LogP contribution in [0.4, 0.5) is 0 Å². The molecule has 14 heavy (non-hydrogen) atoms. The molecule has 0 N–H and O–H groups in total. The third-order valence-electron chi connectivity index (χ3n) is 4.48. The van der Waals surface area contributed by atoms with Gasteiger partial charge in [0.25, 0.3) is 0 Å². The molecule has 4 aliphatic rings. The van der Waals surface area contributed by atoms with E-state index in [4.69, 9.17) is 0 Å². The largest absolute Gasteiger partial charge is 0.303 e. The van der Waals surface area contributed by atoms with E-state index in [1.165, 1.54) is 24.7 Å². The van der Waals surface area contributed by atoms with Crippen molar-refractivity contribution >= 4 is 6.29 Å². The third-order valence-corrected chi connectivity index (χ3v) is 4.48. The summed E-state index contributed by atoms with van der Waals surface area (Å²) >= 11 is 0. The Labute approximate surface area is 86.3 Å². The normalized spacial score (nSPS) is 41.9. The van der Waals surface area contributed by atoms with Gasteiger partial charge in [-0.05, 0) is 54.8 Å². The first kappa shape index (κ1) is 8.94. The number of carbonyl (C=O) groups excluding carboxylic acids is 1. The Balaban J connectivity index is 1.82. The molecule has 1 nitrogen and oxygen atoms in total. The summed E-state index contributed by atoms with van der Waals surface area (Å²) in [6.45, 7) is 4.73. The van der Waals surface area contributed by atoms with Crippen molar-refractivity contribution in [3.05, 3.63) is 30.6 Å². The van der Waals surface area contributed by atoms with E-state index in [1.54, 1.807) is 0 Å². The highest BCUT2D eigenvalue weighted by atomic mass is 16.1. The maximum absolute atomic E-state index is 10.7. The molecule has 0 spiro atoms. The Morgan fingerprint density at radius 3 is 2.86 bits per heavy atom. The average molecular weight is 187 g/mol. The Morgan fingerprint density at radius 1 is 1.43 bits per heavy atom. The zero-order valence-electron chi connectivity index (χ0n) is 8.71. The first-order valence-electron chi connectivity index (χ1n) is 5.37. The highest BCUT2D eigenvalue weighted by molar-refractivity contribution is 5.81. The van der Waals surface area contributed by atoms with Crippen LogP contribution in [-0.4, -0.2) is 6.29 Å². The predicted octanol–water partition coefficient (Wildman–Crippen LogP) is 2.40. The smallest absolute Gasteiger partial charge is 0.127 e. The zero-order chi connectivity index (χ0) is 9.92. The van der Waals surface area contributed by atoms with Crippen LogP contribution in [0.3, 0.4) is 0 Å². The average Bonchev–Trinajstić information content (AvgIpc) is 2.59. The van der Waals surface area contributed by atoms with Gasteiger partial charge in [-0.25, -0.2) is 0 Å². The van der Waals surface area contributed by atoms with Crippen molar-refractivity contribution in [3.63, 3.8) is 0 Å². The van der Waals surface area contributed by atoms with Gasteiger partial charge in [-0.15, -0.1) is 0 Å². The standard InChI is InChI=1S/C13H15O/c1-13(2)10-5-9-3-8(7-14)4-11(9)12(13)6-10/h3-4,7,10,12H,5-6H2,1-2H3. The van der Waals surface area contributed by atoms with Gasteiger partial charge in [-0.1, -0.05) is 13.8 Å². The minimum atomic E-state index is 0.474. The number of carbonyl (C=O) groups is 1. The van der Waals surface area contributed by atoms with Gasteiger partial charge >= 0.3 is 0 Å². The lowest BCUT2D eigenvalue weighted by Crippen LogP contribution is -2.53. The minimum Gasteiger partial charge on any atom is -0.303 e.